The van der Waals surface area contributed by atoms with Gasteiger partial charge in [0.25, 0.3) is 0 Å². The van der Waals surface area contributed by atoms with Gasteiger partial charge in [-0.15, -0.1) is 0 Å². The van der Waals surface area contributed by atoms with Crippen LogP contribution in [0.15, 0.2) is 60.8 Å². The van der Waals surface area contributed by atoms with Gasteiger partial charge in [-0.25, -0.2) is 0 Å². The molecule has 0 saturated heterocycles. The fourth-order valence-electron chi connectivity index (χ4n) is 3.21. The van der Waals surface area contributed by atoms with E-state index in [1.54, 1.807) is 0 Å². The molecule has 0 spiro atoms. The number of hydrogen-bond donors (Lipinski definition) is 0. The molecule has 0 atom stereocenters. The van der Waals surface area contributed by atoms with E-state index in [0.29, 0.717) is 5.15 Å². The van der Waals surface area contributed by atoms with E-state index in [-0.39, 0.29) is 0 Å². The zero-order chi connectivity index (χ0) is 16.9. The summed E-state index contributed by atoms with van der Waals surface area (Å²) >= 11 is 4.30. The Balaban J connectivity index is 2.15. The summed E-state index contributed by atoms with van der Waals surface area (Å²) in [6.07, 6.45) is 1.88. The Kier molecular flexibility index (Phi) is 3.70. The number of nitrogens with zero attached hydrogens (tertiary/aromatic N) is 2. The van der Waals surface area contributed by atoms with E-state index in [9.17, 15) is 0 Å². The third-order valence-corrected chi connectivity index (χ3v) is 8.99. The maximum absolute atomic E-state index is 6.20. The van der Waals surface area contributed by atoms with Crippen molar-refractivity contribution in [2.45, 2.75) is 17.3 Å². The minimum absolute atomic E-state index is 0.539. The first-order valence-corrected chi connectivity index (χ1v) is 15.8. The molecule has 2 aromatic carbocycles. The summed E-state index contributed by atoms with van der Waals surface area (Å²) in [5.74, 6) is 7.27. The zero-order valence-electron chi connectivity index (χ0n) is 14.0. The second kappa shape index (κ2) is 5.64. The topological polar surface area (TPSA) is 17.8 Å². The SMILES string of the molecule is [CH3][Ge]([CH3])([CH3])[c]1ccc2c(c1)c1cc(Cl)ncc1n2-c1ccccc1. The molecule has 4 heteroatoms. The molecule has 0 bridgehead atoms. The first kappa shape index (κ1) is 15.7. The van der Waals surface area contributed by atoms with Crippen LogP contribution < -0.4 is 4.40 Å². The summed E-state index contributed by atoms with van der Waals surface area (Å²) in [6.45, 7) is 0. The summed E-state index contributed by atoms with van der Waals surface area (Å²) in [5, 5.41) is 2.97. The summed E-state index contributed by atoms with van der Waals surface area (Å²) in [7, 11) is 0. The molecule has 0 aliphatic carbocycles. The van der Waals surface area contributed by atoms with Gasteiger partial charge in [0, 0.05) is 0 Å². The van der Waals surface area contributed by atoms with Crippen molar-refractivity contribution in [2.24, 2.45) is 0 Å². The Morgan fingerprint density at radius 3 is 2.29 bits per heavy atom. The maximum atomic E-state index is 6.20. The van der Waals surface area contributed by atoms with E-state index < -0.39 is 13.3 Å². The van der Waals surface area contributed by atoms with Gasteiger partial charge in [0.1, 0.15) is 0 Å². The molecule has 0 unspecified atom stereocenters. The number of rotatable bonds is 2. The van der Waals surface area contributed by atoms with Crippen molar-refractivity contribution in [3.8, 4) is 5.69 Å². The summed E-state index contributed by atoms with van der Waals surface area (Å²) in [5.41, 5.74) is 3.45. The predicted octanol–water partition coefficient (Wildman–Crippen LogP) is 5.38. The van der Waals surface area contributed by atoms with E-state index in [4.69, 9.17) is 11.6 Å². The Hall–Kier alpha value is -1.78. The monoisotopic (exact) mass is 396 g/mol. The van der Waals surface area contributed by atoms with Gasteiger partial charge in [0.2, 0.25) is 0 Å². The van der Waals surface area contributed by atoms with Crippen LogP contribution in [-0.2, 0) is 0 Å². The normalized spacial score (nSPS) is 12.2. The van der Waals surface area contributed by atoms with Gasteiger partial charge in [-0.3, -0.25) is 0 Å². The summed E-state index contributed by atoms with van der Waals surface area (Å²) < 4.78 is 3.77. The van der Waals surface area contributed by atoms with Crippen LogP contribution in [0, 0.1) is 0 Å². The van der Waals surface area contributed by atoms with Gasteiger partial charge in [0.15, 0.2) is 0 Å². The molecule has 120 valence electrons. The predicted molar refractivity (Wildman–Crippen MR) is 107 cm³/mol. The van der Waals surface area contributed by atoms with Crippen molar-refractivity contribution in [1.82, 2.24) is 9.55 Å². The summed E-state index contributed by atoms with van der Waals surface area (Å²) in [6, 6.07) is 19.3. The molecule has 24 heavy (non-hydrogen) atoms. The van der Waals surface area contributed by atoms with Crippen LogP contribution in [0.1, 0.15) is 0 Å². The molecular formula is C20H19ClGeN2. The number of benzene rings is 2. The number of aromatic nitrogens is 2. The fourth-order valence-corrected chi connectivity index (χ4v) is 5.81. The number of halogens is 1. The van der Waals surface area contributed by atoms with Crippen molar-refractivity contribution in [1.29, 1.82) is 0 Å². The van der Waals surface area contributed by atoms with Crippen molar-refractivity contribution >= 4 is 51.1 Å². The first-order chi connectivity index (χ1) is 11.4. The van der Waals surface area contributed by atoms with Gasteiger partial charge in [-0.2, -0.15) is 0 Å². The van der Waals surface area contributed by atoms with Crippen LogP contribution >= 0.6 is 11.6 Å². The quantitative estimate of drug-likeness (QED) is 0.329. The second-order valence-electron chi connectivity index (χ2n) is 7.18. The molecule has 0 radical (unpaired) electrons. The van der Waals surface area contributed by atoms with Gasteiger partial charge in [0.05, 0.1) is 0 Å². The zero-order valence-corrected chi connectivity index (χ0v) is 16.9. The molecule has 0 aliphatic heterocycles. The molecule has 4 aromatic rings. The van der Waals surface area contributed by atoms with Crippen molar-refractivity contribution in [2.75, 3.05) is 0 Å². The molecular weight excluding hydrogens is 376 g/mol. The number of fused-ring (bicyclic) bond motifs is 3. The molecule has 0 aliphatic rings. The van der Waals surface area contributed by atoms with Gasteiger partial charge >= 0.3 is 150 Å². The Morgan fingerprint density at radius 2 is 1.58 bits per heavy atom. The number of hydrogen-bond acceptors (Lipinski definition) is 1. The van der Waals surface area contributed by atoms with Crippen molar-refractivity contribution in [3.05, 3.63) is 65.9 Å². The minimum atomic E-state index is -1.90. The number of pyridine rings is 1. The molecule has 4 rings (SSSR count). The van der Waals surface area contributed by atoms with Gasteiger partial charge in [-0.05, 0) is 0 Å². The van der Waals surface area contributed by atoms with Crippen LogP contribution in [0.25, 0.3) is 27.5 Å². The Bertz CT molecular complexity index is 1050. The standard InChI is InChI=1S/C20H19ClGeN2/c1-22(2,3)14-9-10-18-16(11-14)17-12-20(21)23-13-19(17)24(18)15-7-5-4-6-8-15/h4-13H,1-3H3. The van der Waals surface area contributed by atoms with Crippen molar-refractivity contribution in [3.63, 3.8) is 0 Å². The van der Waals surface area contributed by atoms with Crippen LogP contribution in [-0.4, -0.2) is 22.8 Å². The average Bonchev–Trinajstić information content (AvgIpc) is 2.88. The van der Waals surface area contributed by atoms with E-state index in [0.717, 1.165) is 11.2 Å². The molecule has 2 aromatic heterocycles. The fraction of sp³-hybridized carbons (Fsp3) is 0.150. The average molecular weight is 395 g/mol. The number of para-hydroxylation sites is 1. The van der Waals surface area contributed by atoms with Crippen LogP contribution in [0.4, 0.5) is 0 Å². The van der Waals surface area contributed by atoms with E-state index in [2.05, 4.69) is 69.3 Å². The molecule has 0 saturated carbocycles. The Morgan fingerprint density at radius 1 is 0.875 bits per heavy atom. The molecule has 0 N–H and O–H groups in total. The van der Waals surface area contributed by atoms with Crippen LogP contribution in [0.3, 0.4) is 0 Å². The molecule has 0 fully saturated rings. The summed E-state index contributed by atoms with van der Waals surface area (Å²) in [4.78, 5) is 4.32. The Labute approximate surface area is 149 Å². The van der Waals surface area contributed by atoms with Gasteiger partial charge in [-0.1, -0.05) is 0 Å². The van der Waals surface area contributed by atoms with Gasteiger partial charge < -0.3 is 0 Å². The first-order valence-electron chi connectivity index (χ1n) is 8.11. The van der Waals surface area contributed by atoms with Crippen LogP contribution in [0.5, 0.6) is 0 Å². The van der Waals surface area contributed by atoms with Crippen molar-refractivity contribution < 1.29 is 0 Å². The van der Waals surface area contributed by atoms with Crippen LogP contribution in [0.2, 0.25) is 22.4 Å². The third-order valence-electron chi connectivity index (χ3n) is 4.50. The van der Waals surface area contributed by atoms with E-state index in [1.807, 2.05) is 18.3 Å². The third kappa shape index (κ3) is 2.54. The molecule has 2 heterocycles. The van der Waals surface area contributed by atoms with E-state index >= 15 is 0 Å². The second-order valence-corrected chi connectivity index (χ2v) is 18.2. The van der Waals surface area contributed by atoms with E-state index in [1.165, 1.54) is 20.7 Å². The molecule has 2 nitrogen and oxygen atoms in total. The molecule has 0 amide bonds.